The maximum Gasteiger partial charge on any atom is 0.335 e. The van der Waals surface area contributed by atoms with Gasteiger partial charge in [0.1, 0.15) is 5.69 Å². The Balaban J connectivity index is 1.81. The molecular weight excluding hydrogens is 370 g/mol. The van der Waals surface area contributed by atoms with Crippen molar-refractivity contribution in [3.05, 3.63) is 71.4 Å². The molecule has 0 unspecified atom stereocenters. The Kier molecular flexibility index (Phi) is 4.89. The van der Waals surface area contributed by atoms with Crippen molar-refractivity contribution in [1.29, 1.82) is 0 Å². The van der Waals surface area contributed by atoms with E-state index in [1.165, 1.54) is 25.1 Å². The first-order valence-electron chi connectivity index (χ1n) is 7.80. The molecule has 1 heterocycles. The van der Waals surface area contributed by atoms with Gasteiger partial charge in [-0.2, -0.15) is 0 Å². The molecule has 8 nitrogen and oxygen atoms in total. The SMILES string of the molecule is Cc1ccc(C(=O)O)cc1S(=O)(=O)NNC(=O)c1ccc2ccccc2n1. The summed E-state index contributed by atoms with van der Waals surface area (Å²) < 4.78 is 24.9. The number of nitrogens with zero attached hydrogens (tertiary/aromatic N) is 1. The van der Waals surface area contributed by atoms with Crippen molar-refractivity contribution < 1.29 is 23.1 Å². The van der Waals surface area contributed by atoms with E-state index in [2.05, 4.69) is 10.4 Å². The quantitative estimate of drug-likeness (QED) is 0.576. The number of aromatic nitrogens is 1. The van der Waals surface area contributed by atoms with Crippen molar-refractivity contribution >= 4 is 32.8 Å². The maximum absolute atomic E-state index is 12.4. The molecule has 0 radical (unpaired) electrons. The summed E-state index contributed by atoms with van der Waals surface area (Å²) in [6.45, 7) is 1.52. The Morgan fingerprint density at radius 3 is 2.52 bits per heavy atom. The average Bonchev–Trinajstić information content (AvgIpc) is 2.65. The summed E-state index contributed by atoms with van der Waals surface area (Å²) in [6, 6.07) is 14.1. The molecule has 0 bridgehead atoms. The summed E-state index contributed by atoms with van der Waals surface area (Å²) in [5, 5.41) is 9.87. The van der Waals surface area contributed by atoms with Crippen molar-refractivity contribution in [2.45, 2.75) is 11.8 Å². The van der Waals surface area contributed by atoms with E-state index in [1.54, 1.807) is 18.2 Å². The molecule has 0 aliphatic rings. The summed E-state index contributed by atoms with van der Waals surface area (Å²) in [5.74, 6) is -1.99. The van der Waals surface area contributed by atoms with Gasteiger partial charge in [-0.3, -0.25) is 10.2 Å². The number of sulfonamides is 1. The van der Waals surface area contributed by atoms with Crippen LogP contribution < -0.4 is 10.3 Å². The number of hydrogen-bond donors (Lipinski definition) is 3. The van der Waals surface area contributed by atoms with Gasteiger partial charge in [0.15, 0.2) is 0 Å². The molecule has 3 N–H and O–H groups in total. The fourth-order valence-corrected chi connectivity index (χ4v) is 3.56. The highest BCUT2D eigenvalue weighted by Crippen LogP contribution is 2.17. The van der Waals surface area contributed by atoms with E-state index >= 15 is 0 Å². The van der Waals surface area contributed by atoms with Crippen LogP contribution in [-0.2, 0) is 10.0 Å². The van der Waals surface area contributed by atoms with E-state index in [0.717, 1.165) is 11.5 Å². The number of carboxylic acids is 1. The van der Waals surface area contributed by atoms with Crippen LogP contribution in [0.5, 0.6) is 0 Å². The minimum absolute atomic E-state index is 0.0346. The van der Waals surface area contributed by atoms with Crippen LogP contribution in [0.1, 0.15) is 26.4 Å². The van der Waals surface area contributed by atoms with E-state index in [0.29, 0.717) is 11.1 Å². The first kappa shape index (κ1) is 18.5. The lowest BCUT2D eigenvalue weighted by molar-refractivity contribution is 0.0696. The Bertz CT molecular complexity index is 1160. The molecule has 9 heteroatoms. The van der Waals surface area contributed by atoms with Gasteiger partial charge in [0.25, 0.3) is 15.9 Å². The lowest BCUT2D eigenvalue weighted by Crippen LogP contribution is -2.42. The lowest BCUT2D eigenvalue weighted by Gasteiger charge is -2.11. The molecule has 0 saturated heterocycles. The van der Waals surface area contributed by atoms with Crippen LogP contribution in [-0.4, -0.2) is 30.4 Å². The normalized spacial score (nSPS) is 11.3. The van der Waals surface area contributed by atoms with Crippen molar-refractivity contribution in [3.8, 4) is 0 Å². The summed E-state index contributed by atoms with van der Waals surface area (Å²) in [6.07, 6.45) is 0. The molecule has 3 aromatic rings. The third kappa shape index (κ3) is 3.94. The number of pyridine rings is 1. The smallest absolute Gasteiger partial charge is 0.335 e. The van der Waals surface area contributed by atoms with Gasteiger partial charge in [-0.25, -0.2) is 18.2 Å². The predicted molar refractivity (Wildman–Crippen MR) is 97.7 cm³/mol. The minimum atomic E-state index is -4.17. The van der Waals surface area contributed by atoms with Crippen molar-refractivity contribution in [1.82, 2.24) is 15.2 Å². The molecule has 1 amide bonds. The Morgan fingerprint density at radius 1 is 1.04 bits per heavy atom. The molecule has 0 spiro atoms. The van der Waals surface area contributed by atoms with Crippen LogP contribution in [0, 0.1) is 6.92 Å². The second-order valence-electron chi connectivity index (χ2n) is 5.73. The van der Waals surface area contributed by atoms with Gasteiger partial charge in [0.05, 0.1) is 16.0 Å². The number of nitrogens with one attached hydrogen (secondary N) is 2. The van der Waals surface area contributed by atoms with Crippen molar-refractivity contribution in [3.63, 3.8) is 0 Å². The van der Waals surface area contributed by atoms with Crippen LogP contribution in [0.25, 0.3) is 10.9 Å². The largest absolute Gasteiger partial charge is 0.478 e. The topological polar surface area (TPSA) is 125 Å². The van der Waals surface area contributed by atoms with Gasteiger partial charge >= 0.3 is 5.97 Å². The standard InChI is InChI=1S/C18H15N3O5S/c1-11-6-7-13(18(23)24)10-16(11)27(25,26)21-20-17(22)15-9-8-12-4-2-3-5-14(12)19-15/h2-10,21H,1H3,(H,20,22)(H,23,24). The third-order valence-corrected chi connectivity index (χ3v) is 5.24. The average molecular weight is 385 g/mol. The third-order valence-electron chi connectivity index (χ3n) is 3.85. The zero-order chi connectivity index (χ0) is 19.6. The van der Waals surface area contributed by atoms with E-state index in [9.17, 15) is 18.0 Å². The van der Waals surface area contributed by atoms with Crippen LogP contribution >= 0.6 is 0 Å². The van der Waals surface area contributed by atoms with E-state index in [1.807, 2.05) is 17.0 Å². The highest BCUT2D eigenvalue weighted by molar-refractivity contribution is 7.89. The van der Waals surface area contributed by atoms with Crippen LogP contribution in [0.3, 0.4) is 0 Å². The number of para-hydroxylation sites is 1. The monoisotopic (exact) mass is 385 g/mol. The van der Waals surface area contributed by atoms with Crippen molar-refractivity contribution in [2.24, 2.45) is 0 Å². The number of hydrazine groups is 1. The minimum Gasteiger partial charge on any atom is -0.478 e. The number of carbonyl (C=O) groups excluding carboxylic acids is 1. The second-order valence-corrected chi connectivity index (χ2v) is 7.39. The van der Waals surface area contributed by atoms with Gasteiger partial charge in [-0.1, -0.05) is 30.3 Å². The van der Waals surface area contributed by atoms with Gasteiger partial charge in [0.2, 0.25) is 0 Å². The first-order chi connectivity index (χ1) is 12.8. The number of rotatable bonds is 5. The molecule has 27 heavy (non-hydrogen) atoms. The molecule has 138 valence electrons. The van der Waals surface area contributed by atoms with Crippen LogP contribution in [0.2, 0.25) is 0 Å². The summed E-state index contributed by atoms with van der Waals surface area (Å²) in [4.78, 5) is 29.2. The van der Waals surface area contributed by atoms with Gasteiger partial charge in [0, 0.05) is 5.39 Å². The highest BCUT2D eigenvalue weighted by atomic mass is 32.2. The number of hydrogen-bond acceptors (Lipinski definition) is 5. The maximum atomic E-state index is 12.4. The molecule has 0 aliphatic carbocycles. The molecule has 2 aromatic carbocycles. The summed E-state index contributed by atoms with van der Waals surface area (Å²) >= 11 is 0. The Hall–Kier alpha value is -3.30. The van der Waals surface area contributed by atoms with E-state index in [4.69, 9.17) is 5.11 Å². The summed E-state index contributed by atoms with van der Waals surface area (Å²) in [5.41, 5.74) is 2.88. The molecule has 0 saturated carbocycles. The molecular formula is C18H15N3O5S. The van der Waals surface area contributed by atoms with Gasteiger partial charge in [-0.05, 0) is 36.8 Å². The first-order valence-corrected chi connectivity index (χ1v) is 9.28. The summed E-state index contributed by atoms with van der Waals surface area (Å²) in [7, 11) is -4.17. The lowest BCUT2D eigenvalue weighted by atomic mass is 10.1. The predicted octanol–water partition coefficient (Wildman–Crippen LogP) is 1.86. The second kappa shape index (κ2) is 7.14. The number of amides is 1. The molecule has 0 fully saturated rings. The molecule has 0 atom stereocenters. The number of aromatic carboxylic acids is 1. The molecule has 0 aliphatic heterocycles. The highest BCUT2D eigenvalue weighted by Gasteiger charge is 2.20. The molecule has 3 rings (SSSR count). The molecule has 1 aromatic heterocycles. The van der Waals surface area contributed by atoms with Crippen LogP contribution in [0.15, 0.2) is 59.5 Å². The number of benzene rings is 2. The number of fused-ring (bicyclic) bond motifs is 1. The Labute approximate surface area is 154 Å². The van der Waals surface area contributed by atoms with Crippen LogP contribution in [0.4, 0.5) is 0 Å². The Morgan fingerprint density at radius 2 is 1.78 bits per heavy atom. The zero-order valence-electron chi connectivity index (χ0n) is 14.1. The number of carbonyl (C=O) groups is 2. The fourth-order valence-electron chi connectivity index (χ4n) is 2.45. The zero-order valence-corrected chi connectivity index (χ0v) is 14.9. The fraction of sp³-hybridized carbons (Fsp3) is 0.0556. The van der Waals surface area contributed by atoms with Crippen molar-refractivity contribution in [2.75, 3.05) is 0 Å². The van der Waals surface area contributed by atoms with Gasteiger partial charge < -0.3 is 5.11 Å². The number of carboxylic acid groups (broad SMARTS) is 1. The van der Waals surface area contributed by atoms with Gasteiger partial charge in [-0.15, -0.1) is 4.83 Å². The van der Waals surface area contributed by atoms with E-state index < -0.39 is 21.9 Å². The van der Waals surface area contributed by atoms with E-state index in [-0.39, 0.29) is 16.2 Å². The number of aryl methyl sites for hydroxylation is 1.